The summed E-state index contributed by atoms with van der Waals surface area (Å²) in [6.45, 7) is 0. The molecule has 0 spiro atoms. The van der Waals surface area contributed by atoms with Crippen LogP contribution in [0.1, 0.15) is 32.1 Å². The molecule has 0 aromatic rings. The van der Waals surface area contributed by atoms with E-state index in [-0.39, 0.29) is 0 Å². The number of hydrogen-bond acceptors (Lipinski definition) is 0. The van der Waals surface area contributed by atoms with Gasteiger partial charge < -0.3 is 0 Å². The van der Waals surface area contributed by atoms with Gasteiger partial charge in [-0.3, -0.25) is 0 Å². The van der Waals surface area contributed by atoms with Gasteiger partial charge in [-0.2, -0.15) is 0 Å². The summed E-state index contributed by atoms with van der Waals surface area (Å²) in [7, 11) is 0. The molecule has 0 saturated heterocycles. The van der Waals surface area contributed by atoms with E-state index in [1.165, 1.54) is 32.1 Å². The van der Waals surface area contributed by atoms with Crippen LogP contribution in [-0.4, -0.2) is 20.2 Å². The third-order valence-electron chi connectivity index (χ3n) is 2.65. The molecule has 0 radical (unpaired) electrons. The van der Waals surface area contributed by atoms with Crippen LogP contribution in [0.3, 0.4) is 0 Å². The fraction of sp³-hybridized carbons (Fsp3) is 0.455. The predicted octanol–water partition coefficient (Wildman–Crippen LogP) is 2.87. The summed E-state index contributed by atoms with van der Waals surface area (Å²) in [6.07, 6.45) is 14.5. The first kappa shape index (κ1) is 7.44. The summed E-state index contributed by atoms with van der Waals surface area (Å²) in [5.74, 6) is 0. The molecule has 0 aromatic carbocycles. The molecule has 3 rings (SSSR count). The Kier molecular flexibility index (Phi) is 1.72. The molecule has 62 valence electrons. The van der Waals surface area contributed by atoms with Crippen molar-refractivity contribution in [1.82, 2.24) is 0 Å². The van der Waals surface area contributed by atoms with E-state index in [1.807, 2.05) is 10.6 Å². The van der Waals surface area contributed by atoms with Crippen LogP contribution in [0.4, 0.5) is 0 Å². The van der Waals surface area contributed by atoms with Crippen molar-refractivity contribution in [3.63, 3.8) is 0 Å². The second-order valence-corrected chi connectivity index (χ2v) is 10.6. The van der Waals surface area contributed by atoms with E-state index >= 15 is 0 Å². The molecule has 0 unspecified atom stereocenters. The second-order valence-electron chi connectivity index (χ2n) is 3.72. The molecule has 0 nitrogen and oxygen atoms in total. The van der Waals surface area contributed by atoms with Gasteiger partial charge in [0.2, 0.25) is 0 Å². The summed E-state index contributed by atoms with van der Waals surface area (Å²) >= 11 is -1.08. The zero-order valence-corrected chi connectivity index (χ0v) is 9.77. The van der Waals surface area contributed by atoms with E-state index in [9.17, 15) is 0 Å². The fourth-order valence-electron chi connectivity index (χ4n) is 1.87. The van der Waals surface area contributed by atoms with Gasteiger partial charge in [0, 0.05) is 0 Å². The van der Waals surface area contributed by atoms with Gasteiger partial charge in [-0.1, -0.05) is 0 Å². The van der Waals surface area contributed by atoms with Gasteiger partial charge >= 0.3 is 81.1 Å². The first-order chi connectivity index (χ1) is 5.95. The van der Waals surface area contributed by atoms with Crippen molar-refractivity contribution in [2.75, 3.05) is 0 Å². The summed E-state index contributed by atoms with van der Waals surface area (Å²) in [5.41, 5.74) is 0. The second kappa shape index (κ2) is 2.77. The van der Waals surface area contributed by atoms with Crippen molar-refractivity contribution in [2.45, 2.75) is 32.1 Å². The molecule has 0 atom stereocenters. The topological polar surface area (TPSA) is 0 Å². The van der Waals surface area contributed by atoms with Crippen molar-refractivity contribution in [1.29, 1.82) is 0 Å². The Labute approximate surface area is 81.0 Å². The first-order valence-electron chi connectivity index (χ1n) is 4.82. The summed E-state index contributed by atoms with van der Waals surface area (Å²) in [4.78, 5) is 0. The number of rotatable bonds is 3. The van der Waals surface area contributed by atoms with Crippen LogP contribution in [0.15, 0.2) is 28.8 Å². The van der Waals surface area contributed by atoms with Crippen LogP contribution in [0.25, 0.3) is 0 Å². The van der Waals surface area contributed by atoms with E-state index in [1.54, 1.807) is 0 Å². The molecule has 0 N–H and O–H groups in total. The Morgan fingerprint density at radius 1 is 0.917 bits per heavy atom. The van der Waals surface area contributed by atoms with Gasteiger partial charge in [-0.15, -0.1) is 0 Å². The van der Waals surface area contributed by atoms with Crippen molar-refractivity contribution >= 4 is 20.2 Å². The predicted molar refractivity (Wildman–Crippen MR) is 53.1 cm³/mol. The number of hydrogen-bond donors (Lipinski definition) is 0. The first-order valence-corrected chi connectivity index (χ1v) is 8.65. The normalized spacial score (nSPS) is 25.2. The van der Waals surface area contributed by atoms with Crippen molar-refractivity contribution in [2.24, 2.45) is 0 Å². The Morgan fingerprint density at radius 3 is 2.00 bits per heavy atom. The van der Waals surface area contributed by atoms with Crippen LogP contribution >= 0.6 is 0 Å². The summed E-state index contributed by atoms with van der Waals surface area (Å²) in [6, 6.07) is 0. The van der Waals surface area contributed by atoms with Gasteiger partial charge in [0.15, 0.2) is 0 Å². The third-order valence-corrected chi connectivity index (χ3v) is 10.8. The average molecular weight is 267 g/mol. The SMILES string of the molecule is C1=[C]([Sb]([C]2=CC2)[C]2=CCCC2)C1. The monoisotopic (exact) mass is 266 g/mol. The summed E-state index contributed by atoms with van der Waals surface area (Å²) in [5, 5.41) is 0. The van der Waals surface area contributed by atoms with Gasteiger partial charge in [0.1, 0.15) is 0 Å². The van der Waals surface area contributed by atoms with Crippen LogP contribution in [0.2, 0.25) is 0 Å². The molecule has 12 heavy (non-hydrogen) atoms. The van der Waals surface area contributed by atoms with E-state index in [0.29, 0.717) is 0 Å². The molecule has 0 amide bonds. The summed E-state index contributed by atoms with van der Waals surface area (Å²) < 4.78 is 5.68. The quantitative estimate of drug-likeness (QED) is 0.690. The Morgan fingerprint density at radius 2 is 1.58 bits per heavy atom. The average Bonchev–Trinajstić information content (AvgIpc) is 2.95. The molecule has 0 aromatic heterocycles. The maximum absolute atomic E-state index is 2.56. The Hall–Kier alpha value is 0.0382. The van der Waals surface area contributed by atoms with Gasteiger partial charge in [-0.25, -0.2) is 0 Å². The molecule has 0 saturated carbocycles. The standard InChI is InChI=1S/C5H7.2C3H3.Sb/c1-2-4-5-3-1;2*1-2-3-1;/h1H,2,4-5H2;2*1H,2H2;. The third kappa shape index (κ3) is 1.31. The molecule has 3 aliphatic rings. The van der Waals surface area contributed by atoms with Crippen LogP contribution in [0.5, 0.6) is 0 Å². The fourth-order valence-corrected chi connectivity index (χ4v) is 9.61. The molecular formula is C11H13Sb. The zero-order valence-electron chi connectivity index (χ0n) is 7.21. The van der Waals surface area contributed by atoms with E-state index in [2.05, 4.69) is 18.2 Å². The van der Waals surface area contributed by atoms with Crippen molar-refractivity contribution < 1.29 is 0 Å². The maximum atomic E-state index is 2.56. The molecule has 3 aliphatic carbocycles. The van der Waals surface area contributed by atoms with Crippen molar-refractivity contribution in [3.8, 4) is 0 Å². The van der Waals surface area contributed by atoms with E-state index in [4.69, 9.17) is 0 Å². The molecule has 1 heteroatoms. The molecule has 0 bridgehead atoms. The van der Waals surface area contributed by atoms with Crippen LogP contribution < -0.4 is 0 Å². The Bertz CT molecular complexity index is 287. The van der Waals surface area contributed by atoms with Gasteiger partial charge in [0.25, 0.3) is 0 Å². The molecule has 0 aliphatic heterocycles. The van der Waals surface area contributed by atoms with Crippen LogP contribution in [-0.2, 0) is 0 Å². The van der Waals surface area contributed by atoms with E-state index < -0.39 is 20.2 Å². The Balaban J connectivity index is 1.85. The van der Waals surface area contributed by atoms with Gasteiger partial charge in [0.05, 0.1) is 0 Å². The van der Waals surface area contributed by atoms with Crippen LogP contribution in [0, 0.1) is 0 Å². The molecular weight excluding hydrogens is 254 g/mol. The van der Waals surface area contributed by atoms with Gasteiger partial charge in [-0.05, 0) is 0 Å². The molecule has 0 heterocycles. The minimum absolute atomic E-state index is 1.08. The molecule has 0 fully saturated rings. The van der Waals surface area contributed by atoms with E-state index in [0.717, 1.165) is 0 Å². The zero-order chi connectivity index (χ0) is 7.97. The van der Waals surface area contributed by atoms with Crippen molar-refractivity contribution in [3.05, 3.63) is 28.8 Å². The number of allylic oxidation sites excluding steroid dienone is 6. The minimum atomic E-state index is -1.08.